The summed E-state index contributed by atoms with van der Waals surface area (Å²) in [5.41, 5.74) is 2.13. The largest absolute Gasteiger partial charge is 0.493 e. The molecule has 4 rings (SSSR count). The Kier molecular flexibility index (Phi) is 11.2. The van der Waals surface area contributed by atoms with Gasteiger partial charge in [-0.2, -0.15) is 0 Å². The molecule has 46 heavy (non-hydrogen) atoms. The highest BCUT2D eigenvalue weighted by atomic mass is 16.7. The third-order valence-corrected chi connectivity index (χ3v) is 8.12. The zero-order chi connectivity index (χ0) is 33.7. The van der Waals surface area contributed by atoms with Crippen LogP contribution in [0.4, 0.5) is 0 Å². The summed E-state index contributed by atoms with van der Waals surface area (Å²) in [4.78, 5) is 52.3. The molecule has 2 aromatic carbocycles. The second-order valence-electron chi connectivity index (χ2n) is 11.1. The molecule has 0 aliphatic carbocycles. The topological polar surface area (TPSA) is 222 Å². The molecule has 6 N–H and O–H groups in total. The van der Waals surface area contributed by atoms with Gasteiger partial charge in [-0.25, -0.2) is 9.59 Å². The van der Waals surface area contributed by atoms with Crippen molar-refractivity contribution in [2.24, 2.45) is 0 Å². The molecule has 0 saturated carbocycles. The predicted octanol–water partition coefficient (Wildman–Crippen LogP) is -0.543. The number of carbonyl (C=O) groups is 4. The SMILES string of the molecule is COc1cc2c(cc1OC)CN(C(=O)[C@@H](C)N[C@H](CCc1ccccc1)C(=O)O)[C@@H](C(=O)OC1OC(C(=O)O)C(O)C(O)C1O)C2. The van der Waals surface area contributed by atoms with Gasteiger partial charge in [-0.3, -0.25) is 14.9 Å². The van der Waals surface area contributed by atoms with Crippen molar-refractivity contribution in [1.82, 2.24) is 10.2 Å². The van der Waals surface area contributed by atoms with E-state index in [1.165, 1.54) is 26.0 Å². The normalized spacial score (nSPS) is 25.5. The van der Waals surface area contributed by atoms with Gasteiger partial charge < -0.3 is 49.4 Å². The van der Waals surface area contributed by atoms with Gasteiger partial charge in [0.25, 0.3) is 0 Å². The van der Waals surface area contributed by atoms with Crippen LogP contribution in [0, 0.1) is 0 Å². The van der Waals surface area contributed by atoms with Gasteiger partial charge >= 0.3 is 17.9 Å². The number of carboxylic acid groups (broad SMARTS) is 2. The van der Waals surface area contributed by atoms with Crippen LogP contribution < -0.4 is 14.8 Å². The minimum Gasteiger partial charge on any atom is -0.493 e. The van der Waals surface area contributed by atoms with Gasteiger partial charge in [0.1, 0.15) is 30.4 Å². The zero-order valence-corrected chi connectivity index (χ0v) is 25.4. The van der Waals surface area contributed by atoms with Gasteiger partial charge in [0.05, 0.1) is 20.3 Å². The molecule has 2 heterocycles. The Morgan fingerprint density at radius 1 is 0.957 bits per heavy atom. The maximum atomic E-state index is 13.9. The molecule has 1 fully saturated rings. The average Bonchev–Trinajstić information content (AvgIpc) is 3.05. The van der Waals surface area contributed by atoms with E-state index in [2.05, 4.69) is 5.32 Å². The first-order valence-corrected chi connectivity index (χ1v) is 14.6. The second-order valence-corrected chi connectivity index (χ2v) is 11.1. The van der Waals surface area contributed by atoms with Crippen molar-refractivity contribution in [3.63, 3.8) is 0 Å². The number of aliphatic carboxylic acids is 2. The number of esters is 1. The minimum atomic E-state index is -2.01. The lowest BCUT2D eigenvalue weighted by Gasteiger charge is -2.41. The van der Waals surface area contributed by atoms with E-state index < -0.39 is 72.6 Å². The summed E-state index contributed by atoms with van der Waals surface area (Å²) in [7, 11) is 2.87. The number of nitrogens with zero attached hydrogens (tertiary/aromatic N) is 1. The van der Waals surface area contributed by atoms with Crippen molar-refractivity contribution in [3.05, 3.63) is 59.2 Å². The van der Waals surface area contributed by atoms with Crippen LogP contribution in [-0.2, 0) is 48.0 Å². The fourth-order valence-electron chi connectivity index (χ4n) is 5.55. The third-order valence-electron chi connectivity index (χ3n) is 8.12. The first kappa shape index (κ1) is 34.6. The second kappa shape index (κ2) is 14.9. The number of aliphatic hydroxyl groups is 3. The van der Waals surface area contributed by atoms with Crippen molar-refractivity contribution >= 4 is 23.8 Å². The number of hydrogen-bond donors (Lipinski definition) is 6. The maximum Gasteiger partial charge on any atom is 0.335 e. The number of nitrogens with one attached hydrogen (secondary N) is 1. The molecule has 0 spiro atoms. The lowest BCUT2D eigenvalue weighted by Crippen LogP contribution is -2.62. The number of aliphatic hydroxyl groups excluding tert-OH is 3. The molecule has 5 unspecified atom stereocenters. The average molecular weight is 647 g/mol. The number of fused-ring (bicyclic) bond motifs is 1. The molecule has 250 valence electrons. The fraction of sp³-hybridized carbons (Fsp3) is 0.484. The van der Waals surface area contributed by atoms with E-state index >= 15 is 0 Å². The summed E-state index contributed by atoms with van der Waals surface area (Å²) >= 11 is 0. The Balaban J connectivity index is 1.59. The fourth-order valence-corrected chi connectivity index (χ4v) is 5.55. The van der Waals surface area contributed by atoms with Gasteiger partial charge in [0, 0.05) is 13.0 Å². The van der Waals surface area contributed by atoms with Crippen LogP contribution in [0.25, 0.3) is 0 Å². The Bertz CT molecular complexity index is 1420. The van der Waals surface area contributed by atoms with Crippen molar-refractivity contribution in [1.29, 1.82) is 0 Å². The van der Waals surface area contributed by atoms with Gasteiger partial charge in [0.2, 0.25) is 12.2 Å². The van der Waals surface area contributed by atoms with E-state index in [1.54, 1.807) is 12.1 Å². The van der Waals surface area contributed by atoms with Crippen LogP contribution in [-0.4, -0.2) is 117 Å². The summed E-state index contributed by atoms with van der Waals surface area (Å²) in [5.74, 6) is -3.83. The zero-order valence-electron chi connectivity index (χ0n) is 25.4. The Hall–Kier alpha value is -4.28. The highest BCUT2D eigenvalue weighted by Gasteiger charge is 2.50. The number of amides is 1. The van der Waals surface area contributed by atoms with Gasteiger partial charge in [-0.15, -0.1) is 0 Å². The number of aryl methyl sites for hydroxylation is 1. The lowest BCUT2D eigenvalue weighted by atomic mass is 9.92. The van der Waals surface area contributed by atoms with Crippen molar-refractivity contribution in [3.8, 4) is 11.5 Å². The number of benzene rings is 2. The molecule has 2 aliphatic rings. The van der Waals surface area contributed by atoms with Crippen molar-refractivity contribution in [2.75, 3.05) is 14.2 Å². The van der Waals surface area contributed by atoms with Crippen LogP contribution in [0.3, 0.4) is 0 Å². The summed E-state index contributed by atoms with van der Waals surface area (Å²) in [6.07, 6.45) is -9.51. The molecule has 0 bridgehead atoms. The molecule has 2 aromatic rings. The van der Waals surface area contributed by atoms with Crippen LogP contribution in [0.1, 0.15) is 30.0 Å². The molecule has 2 aliphatic heterocycles. The van der Waals surface area contributed by atoms with Crippen LogP contribution >= 0.6 is 0 Å². The summed E-state index contributed by atoms with van der Waals surface area (Å²) in [5, 5.41) is 52.6. The van der Waals surface area contributed by atoms with Gasteiger partial charge in [-0.05, 0) is 48.6 Å². The molecule has 0 aromatic heterocycles. The third kappa shape index (κ3) is 7.57. The maximum absolute atomic E-state index is 13.9. The van der Waals surface area contributed by atoms with Gasteiger partial charge in [-0.1, -0.05) is 30.3 Å². The molecule has 1 saturated heterocycles. The Morgan fingerprint density at radius 2 is 1.59 bits per heavy atom. The first-order valence-electron chi connectivity index (χ1n) is 14.6. The summed E-state index contributed by atoms with van der Waals surface area (Å²) in [6, 6.07) is 9.00. The number of carboxylic acids is 2. The minimum absolute atomic E-state index is 0.111. The van der Waals surface area contributed by atoms with Crippen LogP contribution in [0.2, 0.25) is 0 Å². The Labute approximate surface area is 264 Å². The highest BCUT2D eigenvalue weighted by Crippen LogP contribution is 2.35. The lowest BCUT2D eigenvalue weighted by molar-refractivity contribution is -0.287. The van der Waals surface area contributed by atoms with Crippen molar-refractivity contribution < 1.29 is 63.7 Å². The molecule has 1 amide bonds. The standard InChI is InChI=1S/C31H38N2O13/c1-15(32-19(28(38)39)10-9-16-7-5-4-6-8-16)27(37)33-14-18-13-22(44-3)21(43-2)12-17(18)11-20(33)30(42)46-31-25(36)23(34)24(35)26(45-31)29(40)41/h4-8,12-13,15,19-20,23-26,31-32,34-36H,9-11,14H2,1-3H3,(H,38,39)(H,40,41)/t15-,19-,20-,23?,24?,25?,26?,31?/m1/s1. The van der Waals surface area contributed by atoms with E-state index in [0.717, 1.165) is 5.56 Å². The van der Waals surface area contributed by atoms with E-state index in [4.69, 9.17) is 18.9 Å². The number of hydrogen-bond acceptors (Lipinski definition) is 12. The van der Waals surface area contributed by atoms with E-state index in [1.807, 2.05) is 30.3 Å². The van der Waals surface area contributed by atoms with E-state index in [-0.39, 0.29) is 19.4 Å². The monoisotopic (exact) mass is 646 g/mol. The molecule has 0 radical (unpaired) electrons. The quantitative estimate of drug-likeness (QED) is 0.160. The van der Waals surface area contributed by atoms with E-state index in [9.17, 15) is 44.7 Å². The number of methoxy groups -OCH3 is 2. The first-order chi connectivity index (χ1) is 21.9. The number of carbonyl (C=O) groups excluding carboxylic acids is 2. The molecular weight excluding hydrogens is 608 g/mol. The Morgan fingerprint density at radius 3 is 2.17 bits per heavy atom. The predicted molar refractivity (Wildman–Crippen MR) is 157 cm³/mol. The number of ether oxygens (including phenoxy) is 4. The van der Waals surface area contributed by atoms with E-state index in [0.29, 0.717) is 29.0 Å². The molecule has 15 heteroatoms. The number of rotatable bonds is 12. The smallest absolute Gasteiger partial charge is 0.335 e. The van der Waals surface area contributed by atoms with Crippen molar-refractivity contribution in [2.45, 2.75) is 81.6 Å². The van der Waals surface area contributed by atoms with Crippen LogP contribution in [0.15, 0.2) is 42.5 Å². The molecule has 15 nitrogen and oxygen atoms in total. The summed E-state index contributed by atoms with van der Waals surface area (Å²) in [6.45, 7) is 1.34. The molecule has 8 atom stereocenters. The van der Waals surface area contributed by atoms with Gasteiger partial charge in [0.15, 0.2) is 17.6 Å². The molecular formula is C31H38N2O13. The highest BCUT2D eigenvalue weighted by molar-refractivity contribution is 5.89. The van der Waals surface area contributed by atoms with Crippen LogP contribution in [0.5, 0.6) is 11.5 Å². The summed E-state index contributed by atoms with van der Waals surface area (Å²) < 4.78 is 21.2.